The van der Waals surface area contributed by atoms with E-state index in [-0.39, 0.29) is 5.91 Å². The molecule has 1 aromatic heterocycles. The number of nitrogens with one attached hydrogen (secondary N) is 1. The zero-order valence-corrected chi connectivity index (χ0v) is 19.3. The van der Waals surface area contributed by atoms with Crippen LogP contribution in [0.4, 0.5) is 5.69 Å². The van der Waals surface area contributed by atoms with Gasteiger partial charge in [0.2, 0.25) is 5.91 Å². The first kappa shape index (κ1) is 21.9. The normalized spacial score (nSPS) is 14.1. The van der Waals surface area contributed by atoms with Gasteiger partial charge in [0.1, 0.15) is 5.82 Å². The van der Waals surface area contributed by atoms with Crippen molar-refractivity contribution in [3.05, 3.63) is 66.0 Å². The van der Waals surface area contributed by atoms with Gasteiger partial charge >= 0.3 is 0 Å². The molecule has 1 N–H and O–H groups in total. The lowest BCUT2D eigenvalue weighted by molar-refractivity contribution is -0.113. The number of thioether (sulfide) groups is 2. The zero-order valence-electron chi connectivity index (χ0n) is 17.7. The van der Waals surface area contributed by atoms with Crippen LogP contribution in [0.25, 0.3) is 0 Å². The standard InChI is InChI=1S/C23H27N5OS2/c1-30-20-11-7-10-19(14-20)24-22(29)17-31-23-26-25-21(16-27-12-5-6-13-27)28(23)15-18-8-3-2-4-9-18/h2-4,7-11,14H,5-6,12-13,15-17H2,1H3,(H,24,29). The van der Waals surface area contributed by atoms with E-state index in [1.165, 1.54) is 30.2 Å². The topological polar surface area (TPSA) is 63.1 Å². The predicted molar refractivity (Wildman–Crippen MR) is 128 cm³/mol. The Morgan fingerprint density at radius 3 is 2.61 bits per heavy atom. The van der Waals surface area contributed by atoms with Crippen molar-refractivity contribution in [3.8, 4) is 0 Å². The third-order valence-corrected chi connectivity index (χ3v) is 6.92. The van der Waals surface area contributed by atoms with Crippen LogP contribution in [-0.4, -0.2) is 50.7 Å². The van der Waals surface area contributed by atoms with Crippen molar-refractivity contribution in [2.24, 2.45) is 0 Å². The largest absolute Gasteiger partial charge is 0.325 e. The fourth-order valence-corrected chi connectivity index (χ4v) is 4.85. The zero-order chi connectivity index (χ0) is 21.5. The quantitative estimate of drug-likeness (QED) is 0.485. The number of anilines is 1. The van der Waals surface area contributed by atoms with E-state index < -0.39 is 0 Å². The molecule has 31 heavy (non-hydrogen) atoms. The van der Waals surface area contributed by atoms with E-state index >= 15 is 0 Å². The summed E-state index contributed by atoms with van der Waals surface area (Å²) in [6, 6.07) is 18.2. The third kappa shape index (κ3) is 6.12. The van der Waals surface area contributed by atoms with Gasteiger partial charge in [-0.25, -0.2) is 0 Å². The summed E-state index contributed by atoms with van der Waals surface area (Å²) in [7, 11) is 0. The third-order valence-electron chi connectivity index (χ3n) is 5.23. The average Bonchev–Trinajstić information content (AvgIpc) is 3.44. The summed E-state index contributed by atoms with van der Waals surface area (Å²) in [4.78, 5) is 16.1. The molecule has 2 aromatic carbocycles. The molecule has 0 unspecified atom stereocenters. The highest BCUT2D eigenvalue weighted by atomic mass is 32.2. The molecule has 8 heteroatoms. The van der Waals surface area contributed by atoms with Gasteiger partial charge in [-0.1, -0.05) is 48.2 Å². The highest BCUT2D eigenvalue weighted by molar-refractivity contribution is 7.99. The lowest BCUT2D eigenvalue weighted by Gasteiger charge is -2.16. The van der Waals surface area contributed by atoms with Crippen molar-refractivity contribution in [3.63, 3.8) is 0 Å². The van der Waals surface area contributed by atoms with Crippen LogP contribution in [0.1, 0.15) is 24.2 Å². The fourth-order valence-electron chi connectivity index (χ4n) is 3.64. The minimum atomic E-state index is -0.0430. The number of carbonyl (C=O) groups is 1. The second kappa shape index (κ2) is 10.8. The van der Waals surface area contributed by atoms with Crippen LogP contribution < -0.4 is 5.32 Å². The van der Waals surface area contributed by atoms with Gasteiger partial charge in [0.25, 0.3) is 0 Å². The van der Waals surface area contributed by atoms with Crippen molar-refractivity contribution in [1.82, 2.24) is 19.7 Å². The van der Waals surface area contributed by atoms with Crippen LogP contribution in [0, 0.1) is 0 Å². The number of amides is 1. The van der Waals surface area contributed by atoms with Crippen molar-refractivity contribution in [2.45, 2.75) is 36.0 Å². The molecule has 1 aliphatic rings. The van der Waals surface area contributed by atoms with Gasteiger partial charge in [-0.05, 0) is 55.9 Å². The smallest absolute Gasteiger partial charge is 0.234 e. The van der Waals surface area contributed by atoms with E-state index in [0.717, 1.165) is 41.2 Å². The van der Waals surface area contributed by atoms with Crippen molar-refractivity contribution in [1.29, 1.82) is 0 Å². The van der Waals surface area contributed by atoms with Gasteiger partial charge in [-0.2, -0.15) is 0 Å². The van der Waals surface area contributed by atoms with Crippen LogP contribution in [0.2, 0.25) is 0 Å². The number of hydrogen-bond acceptors (Lipinski definition) is 6. The van der Waals surface area contributed by atoms with E-state index in [2.05, 4.69) is 37.1 Å². The lowest BCUT2D eigenvalue weighted by atomic mass is 10.2. The van der Waals surface area contributed by atoms with E-state index in [1.54, 1.807) is 11.8 Å². The second-order valence-corrected chi connectivity index (χ2v) is 9.34. The van der Waals surface area contributed by atoms with E-state index in [0.29, 0.717) is 12.3 Å². The highest BCUT2D eigenvalue weighted by Crippen LogP contribution is 2.22. The van der Waals surface area contributed by atoms with Crippen LogP contribution in [0.15, 0.2) is 64.6 Å². The van der Waals surface area contributed by atoms with E-state index in [4.69, 9.17) is 0 Å². The van der Waals surface area contributed by atoms with E-state index in [1.807, 2.05) is 48.7 Å². The summed E-state index contributed by atoms with van der Waals surface area (Å²) >= 11 is 3.09. The Hall–Kier alpha value is -2.29. The maximum Gasteiger partial charge on any atom is 0.234 e. The second-order valence-electron chi connectivity index (χ2n) is 7.52. The van der Waals surface area contributed by atoms with Gasteiger partial charge in [-0.3, -0.25) is 9.69 Å². The molecule has 0 saturated carbocycles. The van der Waals surface area contributed by atoms with Crippen molar-refractivity contribution in [2.75, 3.05) is 30.4 Å². The lowest BCUT2D eigenvalue weighted by Crippen LogP contribution is -2.22. The molecular weight excluding hydrogens is 426 g/mol. The first-order chi connectivity index (χ1) is 15.2. The number of hydrogen-bond donors (Lipinski definition) is 1. The Morgan fingerprint density at radius 1 is 1.03 bits per heavy atom. The molecule has 0 aliphatic carbocycles. The highest BCUT2D eigenvalue weighted by Gasteiger charge is 2.19. The molecule has 6 nitrogen and oxygen atoms in total. The minimum Gasteiger partial charge on any atom is -0.325 e. The summed E-state index contributed by atoms with van der Waals surface area (Å²) in [5, 5.41) is 12.7. The number of carbonyl (C=O) groups excluding carboxylic acids is 1. The number of likely N-dealkylation sites (tertiary alicyclic amines) is 1. The molecule has 0 atom stereocenters. The molecule has 0 bridgehead atoms. The first-order valence-corrected chi connectivity index (χ1v) is 12.7. The molecule has 1 aliphatic heterocycles. The average molecular weight is 454 g/mol. The summed E-state index contributed by atoms with van der Waals surface area (Å²) in [5.74, 6) is 1.21. The Labute approximate surface area is 191 Å². The molecule has 0 spiro atoms. The molecule has 162 valence electrons. The summed E-state index contributed by atoms with van der Waals surface area (Å²) in [6.45, 7) is 3.72. The Kier molecular flexibility index (Phi) is 7.66. The molecule has 1 fully saturated rings. The van der Waals surface area contributed by atoms with Crippen LogP contribution in [0.3, 0.4) is 0 Å². The van der Waals surface area contributed by atoms with Gasteiger partial charge in [-0.15, -0.1) is 22.0 Å². The monoisotopic (exact) mass is 453 g/mol. The van der Waals surface area contributed by atoms with Gasteiger partial charge in [0.15, 0.2) is 5.16 Å². The minimum absolute atomic E-state index is 0.0430. The fraction of sp³-hybridized carbons (Fsp3) is 0.348. The van der Waals surface area contributed by atoms with Gasteiger partial charge < -0.3 is 9.88 Å². The van der Waals surface area contributed by atoms with Crippen molar-refractivity contribution < 1.29 is 4.79 Å². The number of aromatic nitrogens is 3. The summed E-state index contributed by atoms with van der Waals surface area (Å²) in [6.07, 6.45) is 4.51. The summed E-state index contributed by atoms with van der Waals surface area (Å²) < 4.78 is 2.15. The maximum absolute atomic E-state index is 12.5. The Bertz CT molecular complexity index is 1000. The molecule has 4 rings (SSSR count). The predicted octanol–water partition coefficient (Wildman–Crippen LogP) is 4.37. The first-order valence-electron chi connectivity index (χ1n) is 10.5. The van der Waals surface area contributed by atoms with E-state index in [9.17, 15) is 4.79 Å². The molecular formula is C23H27N5OS2. The molecule has 1 amide bonds. The van der Waals surface area contributed by atoms with Crippen LogP contribution >= 0.6 is 23.5 Å². The molecule has 1 saturated heterocycles. The molecule has 3 aromatic rings. The number of benzene rings is 2. The van der Waals surface area contributed by atoms with Gasteiger partial charge in [0, 0.05) is 10.6 Å². The summed E-state index contributed by atoms with van der Waals surface area (Å²) in [5.41, 5.74) is 2.02. The molecule has 2 heterocycles. The van der Waals surface area contributed by atoms with Crippen LogP contribution in [0.5, 0.6) is 0 Å². The maximum atomic E-state index is 12.5. The Morgan fingerprint density at radius 2 is 1.84 bits per heavy atom. The molecule has 0 radical (unpaired) electrons. The van der Waals surface area contributed by atoms with Crippen molar-refractivity contribution >= 4 is 35.1 Å². The SMILES string of the molecule is CSc1cccc(NC(=O)CSc2nnc(CN3CCCC3)n2Cc2ccccc2)c1. The number of nitrogens with zero attached hydrogens (tertiary/aromatic N) is 4. The van der Waals surface area contributed by atoms with Crippen LogP contribution in [-0.2, 0) is 17.9 Å². The van der Waals surface area contributed by atoms with Gasteiger partial charge in [0.05, 0.1) is 18.8 Å². The number of rotatable bonds is 9. The Balaban J connectivity index is 1.44.